The van der Waals surface area contributed by atoms with Gasteiger partial charge in [0.05, 0.1) is 11.6 Å². The monoisotopic (exact) mass is 411 g/mol. The minimum atomic E-state index is -1.27. The standard InChI is InChI=1S/C17H22ClN5O5/c1-8(24)27-7-11-12(25)13(26)16(28-11)23-15-10(6-19-23)14(21-17(18)22-15)20-9-4-2-3-5-9/h6,9,11-13,16,25-26H,2-5,7H2,1H3,(H,20,21,22)/t11-,12+,13-,16-/m1/s1. The number of carbonyl (C=O) groups excluding carboxylic acids is 1. The summed E-state index contributed by atoms with van der Waals surface area (Å²) in [5, 5.41) is 29.0. The van der Waals surface area contributed by atoms with Gasteiger partial charge in [-0.15, -0.1) is 0 Å². The van der Waals surface area contributed by atoms with Crippen LogP contribution in [0.4, 0.5) is 5.82 Å². The third-order valence-corrected chi connectivity index (χ3v) is 5.32. The number of hydrogen-bond donors (Lipinski definition) is 3. The first kappa shape index (κ1) is 19.3. The van der Waals surface area contributed by atoms with E-state index in [0.29, 0.717) is 22.9 Å². The summed E-state index contributed by atoms with van der Waals surface area (Å²) in [6, 6.07) is 0.320. The molecule has 2 fully saturated rings. The van der Waals surface area contributed by atoms with E-state index in [0.717, 1.165) is 12.8 Å². The van der Waals surface area contributed by atoms with Gasteiger partial charge in [0, 0.05) is 13.0 Å². The van der Waals surface area contributed by atoms with Crippen LogP contribution in [0.1, 0.15) is 38.8 Å². The van der Waals surface area contributed by atoms with Gasteiger partial charge < -0.3 is 25.0 Å². The molecule has 2 aromatic rings. The lowest BCUT2D eigenvalue weighted by atomic mass is 10.1. The summed E-state index contributed by atoms with van der Waals surface area (Å²) >= 11 is 6.11. The van der Waals surface area contributed by atoms with Crippen molar-refractivity contribution < 1.29 is 24.5 Å². The number of esters is 1. The van der Waals surface area contributed by atoms with Crippen LogP contribution in [0.15, 0.2) is 6.20 Å². The van der Waals surface area contributed by atoms with E-state index in [1.807, 2.05) is 0 Å². The summed E-state index contributed by atoms with van der Waals surface area (Å²) in [5.41, 5.74) is 0.380. The number of aromatic nitrogens is 4. The lowest BCUT2D eigenvalue weighted by molar-refractivity contribution is -0.147. The van der Waals surface area contributed by atoms with Gasteiger partial charge in [0.2, 0.25) is 5.28 Å². The smallest absolute Gasteiger partial charge is 0.302 e. The van der Waals surface area contributed by atoms with E-state index in [2.05, 4.69) is 20.4 Å². The first-order valence-corrected chi connectivity index (χ1v) is 9.64. The molecule has 1 saturated heterocycles. The molecule has 1 aliphatic carbocycles. The second-order valence-electron chi connectivity index (χ2n) is 7.14. The fraction of sp³-hybridized carbons (Fsp3) is 0.647. The summed E-state index contributed by atoms with van der Waals surface area (Å²) in [6.45, 7) is 1.08. The highest BCUT2D eigenvalue weighted by atomic mass is 35.5. The number of nitrogens with one attached hydrogen (secondary N) is 1. The van der Waals surface area contributed by atoms with Gasteiger partial charge in [0.15, 0.2) is 11.9 Å². The molecule has 4 atom stereocenters. The van der Waals surface area contributed by atoms with Crippen LogP contribution < -0.4 is 5.32 Å². The van der Waals surface area contributed by atoms with Crippen molar-refractivity contribution in [1.29, 1.82) is 0 Å². The average Bonchev–Trinajstić information content (AvgIpc) is 3.35. The molecular formula is C17H22ClN5O5. The highest BCUT2D eigenvalue weighted by Crippen LogP contribution is 2.33. The molecule has 3 heterocycles. The third kappa shape index (κ3) is 3.64. The molecule has 4 rings (SSSR count). The first-order valence-electron chi connectivity index (χ1n) is 9.26. The van der Waals surface area contributed by atoms with Crippen LogP contribution in [0.3, 0.4) is 0 Å². The zero-order valence-electron chi connectivity index (χ0n) is 15.3. The van der Waals surface area contributed by atoms with Gasteiger partial charge in [-0.2, -0.15) is 15.1 Å². The maximum Gasteiger partial charge on any atom is 0.302 e. The van der Waals surface area contributed by atoms with Crippen molar-refractivity contribution in [2.75, 3.05) is 11.9 Å². The number of ether oxygens (including phenoxy) is 2. The Bertz CT molecular complexity index is 871. The molecule has 10 nitrogen and oxygen atoms in total. The van der Waals surface area contributed by atoms with Gasteiger partial charge >= 0.3 is 5.97 Å². The Morgan fingerprint density at radius 3 is 2.82 bits per heavy atom. The zero-order valence-corrected chi connectivity index (χ0v) is 16.0. The Kier molecular flexibility index (Phi) is 5.37. The fourth-order valence-electron chi connectivity index (χ4n) is 3.73. The molecule has 0 bridgehead atoms. The van der Waals surface area contributed by atoms with E-state index in [1.54, 1.807) is 6.20 Å². The van der Waals surface area contributed by atoms with Crippen LogP contribution in [-0.2, 0) is 14.3 Å². The summed E-state index contributed by atoms with van der Waals surface area (Å²) in [7, 11) is 0. The Balaban J connectivity index is 1.62. The Morgan fingerprint density at radius 2 is 2.11 bits per heavy atom. The van der Waals surface area contributed by atoms with Crippen LogP contribution in [0, 0.1) is 0 Å². The molecule has 0 amide bonds. The molecule has 152 valence electrons. The molecule has 0 aromatic carbocycles. The summed E-state index contributed by atoms with van der Waals surface area (Å²) in [6.07, 6.45) is 1.64. The molecule has 0 unspecified atom stereocenters. The summed E-state index contributed by atoms with van der Waals surface area (Å²) < 4.78 is 12.0. The van der Waals surface area contributed by atoms with E-state index < -0.39 is 30.5 Å². The second kappa shape index (κ2) is 7.78. The van der Waals surface area contributed by atoms with E-state index in [4.69, 9.17) is 21.1 Å². The Hall–Kier alpha value is -2.01. The number of anilines is 1. The number of carbonyl (C=O) groups is 1. The number of rotatable bonds is 5. The van der Waals surface area contributed by atoms with Crippen LogP contribution in [0.25, 0.3) is 11.0 Å². The Labute approximate surface area is 165 Å². The molecule has 0 radical (unpaired) electrons. The van der Waals surface area contributed by atoms with Crippen LogP contribution >= 0.6 is 11.6 Å². The molecule has 1 aliphatic heterocycles. The molecular weight excluding hydrogens is 390 g/mol. The number of aliphatic hydroxyl groups excluding tert-OH is 2. The van der Waals surface area contributed by atoms with Gasteiger partial charge in [-0.25, -0.2) is 4.68 Å². The molecule has 2 aliphatic rings. The van der Waals surface area contributed by atoms with Gasteiger partial charge in [-0.05, 0) is 24.4 Å². The molecule has 3 N–H and O–H groups in total. The highest BCUT2D eigenvalue weighted by Gasteiger charge is 2.45. The molecule has 1 saturated carbocycles. The predicted molar refractivity (Wildman–Crippen MR) is 98.8 cm³/mol. The van der Waals surface area contributed by atoms with Crippen molar-refractivity contribution in [2.45, 2.75) is 63.2 Å². The first-order chi connectivity index (χ1) is 13.4. The lowest BCUT2D eigenvalue weighted by Crippen LogP contribution is -2.34. The molecule has 2 aromatic heterocycles. The third-order valence-electron chi connectivity index (χ3n) is 5.15. The largest absolute Gasteiger partial charge is 0.463 e. The van der Waals surface area contributed by atoms with Gasteiger partial charge in [0.25, 0.3) is 0 Å². The van der Waals surface area contributed by atoms with E-state index in [9.17, 15) is 15.0 Å². The van der Waals surface area contributed by atoms with Crippen molar-refractivity contribution >= 4 is 34.4 Å². The lowest BCUT2D eigenvalue weighted by Gasteiger charge is -2.16. The Morgan fingerprint density at radius 1 is 1.36 bits per heavy atom. The van der Waals surface area contributed by atoms with E-state index in [1.165, 1.54) is 24.4 Å². The predicted octanol–water partition coefficient (Wildman–Crippen LogP) is 1.02. The number of aliphatic hydroxyl groups is 2. The minimum absolute atomic E-state index is 0.0410. The fourth-order valence-corrected chi connectivity index (χ4v) is 3.89. The van der Waals surface area contributed by atoms with Gasteiger partial charge in [0.1, 0.15) is 30.7 Å². The van der Waals surface area contributed by atoms with Crippen molar-refractivity contribution in [3.63, 3.8) is 0 Å². The highest BCUT2D eigenvalue weighted by molar-refractivity contribution is 6.28. The topological polar surface area (TPSA) is 132 Å². The normalized spacial score (nSPS) is 28.1. The second-order valence-corrected chi connectivity index (χ2v) is 7.48. The zero-order chi connectivity index (χ0) is 19.8. The number of hydrogen-bond acceptors (Lipinski definition) is 9. The summed E-state index contributed by atoms with van der Waals surface area (Å²) in [4.78, 5) is 19.5. The van der Waals surface area contributed by atoms with E-state index >= 15 is 0 Å². The van der Waals surface area contributed by atoms with E-state index in [-0.39, 0.29) is 11.9 Å². The maximum atomic E-state index is 11.0. The number of nitrogens with zero attached hydrogens (tertiary/aromatic N) is 4. The number of halogens is 1. The van der Waals surface area contributed by atoms with Gasteiger partial charge in [-0.3, -0.25) is 4.79 Å². The molecule has 11 heteroatoms. The van der Waals surface area contributed by atoms with Crippen molar-refractivity contribution in [1.82, 2.24) is 19.7 Å². The van der Waals surface area contributed by atoms with Gasteiger partial charge in [-0.1, -0.05) is 12.8 Å². The average molecular weight is 412 g/mol. The quantitative estimate of drug-likeness (QED) is 0.487. The summed E-state index contributed by atoms with van der Waals surface area (Å²) in [5.74, 6) is 0.0816. The minimum Gasteiger partial charge on any atom is -0.463 e. The van der Waals surface area contributed by atoms with Crippen LogP contribution in [-0.4, -0.2) is 66.9 Å². The van der Waals surface area contributed by atoms with Crippen LogP contribution in [0.2, 0.25) is 5.28 Å². The van der Waals surface area contributed by atoms with Crippen molar-refractivity contribution in [3.8, 4) is 0 Å². The molecule has 28 heavy (non-hydrogen) atoms. The molecule has 0 spiro atoms. The maximum absolute atomic E-state index is 11.0. The van der Waals surface area contributed by atoms with Crippen LogP contribution in [0.5, 0.6) is 0 Å². The number of fused-ring (bicyclic) bond motifs is 1. The SMILES string of the molecule is CC(=O)OC[C@H]1O[C@@H](n2ncc3c(NC4CCCC4)nc(Cl)nc32)[C@H](O)[C@H]1O. The van der Waals surface area contributed by atoms with Crippen molar-refractivity contribution in [2.24, 2.45) is 0 Å². The van der Waals surface area contributed by atoms with Crippen molar-refractivity contribution in [3.05, 3.63) is 11.5 Å².